The van der Waals surface area contributed by atoms with Gasteiger partial charge in [-0.15, -0.1) is 12.6 Å². The van der Waals surface area contributed by atoms with Gasteiger partial charge >= 0.3 is 6.18 Å². The highest BCUT2D eigenvalue weighted by molar-refractivity contribution is 6.64. The molecule has 0 saturated heterocycles. The van der Waals surface area contributed by atoms with Gasteiger partial charge in [0.15, 0.2) is 6.71 Å². The summed E-state index contributed by atoms with van der Waals surface area (Å²) in [6, 6.07) is 4.38. The number of rotatable bonds is 3. The Hall–Kier alpha value is -1.26. The molecule has 0 fully saturated rings. The Morgan fingerprint density at radius 1 is 1.25 bits per heavy atom. The van der Waals surface area contributed by atoms with E-state index in [-0.39, 0.29) is 5.56 Å². The molecule has 0 nitrogen and oxygen atoms in total. The second-order valence-corrected chi connectivity index (χ2v) is 3.67. The van der Waals surface area contributed by atoms with Gasteiger partial charge in [0, 0.05) is 0 Å². The first kappa shape index (κ1) is 12.8. The molecule has 0 spiro atoms. The maximum absolute atomic E-state index is 12.8. The molecule has 0 amide bonds. The van der Waals surface area contributed by atoms with E-state index < -0.39 is 24.5 Å². The van der Waals surface area contributed by atoms with Crippen molar-refractivity contribution in [2.45, 2.75) is 18.8 Å². The quantitative estimate of drug-likeness (QED) is 0.546. The molecular formula is C11H11BF4. The lowest BCUT2D eigenvalue weighted by atomic mass is 9.41. The molecule has 0 N–H and O–H groups in total. The largest absolute Gasteiger partial charge is 0.389 e. The molecule has 1 unspecified atom stereocenters. The molecule has 0 aliphatic heterocycles. The lowest BCUT2D eigenvalue weighted by Crippen LogP contribution is -2.32. The fraction of sp³-hybridized carbons (Fsp3) is 0.273. The van der Waals surface area contributed by atoms with Gasteiger partial charge in [0.25, 0.3) is 0 Å². The fourth-order valence-corrected chi connectivity index (χ4v) is 1.60. The van der Waals surface area contributed by atoms with Gasteiger partial charge in [0.05, 0.1) is 5.82 Å². The zero-order chi connectivity index (χ0) is 12.3. The van der Waals surface area contributed by atoms with Gasteiger partial charge in [-0.25, -0.2) is 4.39 Å². The minimum absolute atomic E-state index is 0.0568. The number of hydrogen-bond donors (Lipinski definition) is 0. The van der Waals surface area contributed by atoms with Crippen LogP contribution in [0.25, 0.3) is 0 Å². The van der Waals surface area contributed by atoms with Gasteiger partial charge in [-0.2, -0.15) is 13.2 Å². The fourth-order valence-electron chi connectivity index (χ4n) is 1.60. The second-order valence-electron chi connectivity index (χ2n) is 3.67. The average Bonchev–Trinajstić information content (AvgIpc) is 2.19. The molecule has 0 aromatic heterocycles. The van der Waals surface area contributed by atoms with Gasteiger partial charge in [0.1, 0.15) is 5.82 Å². The van der Waals surface area contributed by atoms with Crippen LogP contribution in [0.1, 0.15) is 11.4 Å². The average molecular weight is 230 g/mol. The summed E-state index contributed by atoms with van der Waals surface area (Å²) in [7, 11) is 0. The Bertz CT molecular complexity index is 355. The van der Waals surface area contributed by atoms with E-state index in [1.54, 1.807) is 0 Å². The van der Waals surface area contributed by atoms with Crippen molar-refractivity contribution in [1.82, 2.24) is 0 Å². The topological polar surface area (TPSA) is 0 Å². The van der Waals surface area contributed by atoms with Crippen LogP contribution < -0.4 is 0 Å². The summed E-state index contributed by atoms with van der Waals surface area (Å²) in [4.78, 5) is 0. The van der Waals surface area contributed by atoms with Crippen LogP contribution in [0.3, 0.4) is 0 Å². The van der Waals surface area contributed by atoms with Gasteiger partial charge < -0.3 is 0 Å². The van der Waals surface area contributed by atoms with Crippen LogP contribution in [0.5, 0.6) is 0 Å². The van der Waals surface area contributed by atoms with Crippen molar-refractivity contribution in [3.8, 4) is 0 Å². The molecule has 1 aromatic rings. The van der Waals surface area contributed by atoms with Crippen LogP contribution in [-0.4, -0.2) is 12.9 Å². The first-order valence-corrected chi connectivity index (χ1v) is 4.81. The van der Waals surface area contributed by atoms with E-state index in [0.29, 0.717) is 0 Å². The van der Waals surface area contributed by atoms with Crippen LogP contribution in [-0.2, 0) is 0 Å². The molecule has 1 atom stereocenters. The van der Waals surface area contributed by atoms with E-state index in [2.05, 4.69) is 6.58 Å². The predicted octanol–water partition coefficient (Wildman–Crippen LogP) is 3.86. The normalized spacial score (nSPS) is 13.3. The van der Waals surface area contributed by atoms with Gasteiger partial charge in [-0.1, -0.05) is 19.0 Å². The van der Waals surface area contributed by atoms with Crippen molar-refractivity contribution in [2.75, 3.05) is 0 Å². The minimum atomic E-state index is -4.36. The van der Waals surface area contributed by atoms with Crippen LogP contribution in [0.4, 0.5) is 17.6 Å². The molecule has 0 radical (unpaired) electrons. The van der Waals surface area contributed by atoms with Crippen molar-refractivity contribution in [2.24, 2.45) is 0 Å². The first-order chi connectivity index (χ1) is 7.36. The van der Waals surface area contributed by atoms with Crippen molar-refractivity contribution < 1.29 is 17.6 Å². The smallest absolute Gasteiger partial charge is 0.207 e. The van der Waals surface area contributed by atoms with Crippen LogP contribution >= 0.6 is 0 Å². The summed E-state index contributed by atoms with van der Waals surface area (Å²) in [5.41, 5.74) is 0.0568. The van der Waals surface area contributed by atoms with Crippen LogP contribution in [0.2, 0.25) is 6.82 Å². The lowest BCUT2D eigenvalue weighted by Gasteiger charge is -2.22. The molecule has 86 valence electrons. The molecule has 0 aliphatic rings. The number of alkyl halides is 3. The highest BCUT2D eigenvalue weighted by Crippen LogP contribution is 2.37. The summed E-state index contributed by atoms with van der Waals surface area (Å²) < 4.78 is 51.0. The van der Waals surface area contributed by atoms with Crippen LogP contribution in [0.15, 0.2) is 36.8 Å². The second kappa shape index (κ2) is 4.72. The van der Waals surface area contributed by atoms with Crippen LogP contribution in [0, 0.1) is 5.82 Å². The van der Waals surface area contributed by atoms with Gasteiger partial charge in [0.2, 0.25) is 0 Å². The van der Waals surface area contributed by atoms with Crippen molar-refractivity contribution in [3.05, 3.63) is 48.2 Å². The third-order valence-electron chi connectivity index (χ3n) is 2.48. The van der Waals surface area contributed by atoms with Crippen molar-refractivity contribution in [1.29, 1.82) is 0 Å². The molecule has 0 aliphatic carbocycles. The SMILES string of the molecule is C=CB(C)C(c1ccc(F)cc1)C(F)(F)F. The Kier molecular flexibility index (Phi) is 3.78. The Balaban J connectivity index is 3.11. The monoisotopic (exact) mass is 230 g/mol. The van der Waals surface area contributed by atoms with E-state index in [1.807, 2.05) is 0 Å². The first-order valence-electron chi connectivity index (χ1n) is 4.81. The lowest BCUT2D eigenvalue weighted by molar-refractivity contribution is -0.133. The standard InChI is InChI=1S/C11H11BF4/c1-3-12(2)10(11(14,15)16)8-4-6-9(13)7-5-8/h3-7,10H,1H2,2H3. The molecular weight excluding hydrogens is 219 g/mol. The van der Waals surface area contributed by atoms with E-state index >= 15 is 0 Å². The molecule has 1 rings (SSSR count). The molecule has 5 heteroatoms. The molecule has 0 heterocycles. The predicted molar refractivity (Wildman–Crippen MR) is 57.0 cm³/mol. The van der Waals surface area contributed by atoms with E-state index in [0.717, 1.165) is 24.3 Å². The molecule has 16 heavy (non-hydrogen) atoms. The molecule has 0 bridgehead atoms. The summed E-state index contributed by atoms with van der Waals surface area (Å²) in [5.74, 6) is -0.928. The Labute approximate surface area is 92.1 Å². The third-order valence-corrected chi connectivity index (χ3v) is 2.48. The van der Waals surface area contributed by atoms with Crippen molar-refractivity contribution in [3.63, 3.8) is 0 Å². The Morgan fingerprint density at radius 3 is 2.12 bits per heavy atom. The summed E-state index contributed by atoms with van der Waals surface area (Å²) in [6.07, 6.45) is -4.36. The maximum Gasteiger partial charge on any atom is 0.389 e. The van der Waals surface area contributed by atoms with Gasteiger partial charge in [-0.3, -0.25) is 0 Å². The summed E-state index contributed by atoms with van der Waals surface area (Å²) >= 11 is 0. The Morgan fingerprint density at radius 2 is 1.75 bits per heavy atom. The van der Waals surface area contributed by atoms with E-state index in [1.165, 1.54) is 12.8 Å². The number of halogens is 4. The minimum Gasteiger partial charge on any atom is -0.207 e. The molecule has 1 aromatic carbocycles. The van der Waals surface area contributed by atoms with Crippen molar-refractivity contribution >= 4 is 6.71 Å². The molecule has 0 saturated carbocycles. The maximum atomic E-state index is 12.8. The van der Waals surface area contributed by atoms with E-state index in [9.17, 15) is 17.6 Å². The summed E-state index contributed by atoms with van der Waals surface area (Å²) in [5, 5.41) is 0. The third kappa shape index (κ3) is 2.87. The zero-order valence-electron chi connectivity index (χ0n) is 8.76. The zero-order valence-corrected chi connectivity index (χ0v) is 8.76. The highest BCUT2D eigenvalue weighted by atomic mass is 19.4. The van der Waals surface area contributed by atoms with E-state index in [4.69, 9.17) is 0 Å². The summed E-state index contributed by atoms with van der Waals surface area (Å²) in [6.45, 7) is 4.06. The highest BCUT2D eigenvalue weighted by Gasteiger charge is 2.44. The number of hydrogen-bond acceptors (Lipinski definition) is 0. The van der Waals surface area contributed by atoms with Gasteiger partial charge in [-0.05, 0) is 17.7 Å². The number of benzene rings is 1.